The van der Waals surface area contributed by atoms with Crippen molar-refractivity contribution in [1.29, 1.82) is 0 Å². The molecule has 1 aromatic heterocycles. The van der Waals surface area contributed by atoms with Gasteiger partial charge in [-0.15, -0.1) is 5.10 Å². The minimum atomic E-state index is -0.0748. The summed E-state index contributed by atoms with van der Waals surface area (Å²) in [5.74, 6) is 0.310. The number of piperidine rings is 1. The van der Waals surface area contributed by atoms with Crippen molar-refractivity contribution in [3.8, 4) is 5.69 Å². The summed E-state index contributed by atoms with van der Waals surface area (Å²) >= 11 is 3.46. The van der Waals surface area contributed by atoms with E-state index in [1.54, 1.807) is 0 Å². The Hall–Kier alpha value is -1.73. The maximum atomic E-state index is 12.9. The summed E-state index contributed by atoms with van der Waals surface area (Å²) in [5.41, 5.74) is 2.40. The molecule has 1 aromatic carbocycles. The normalized spacial score (nSPS) is 18.6. The van der Waals surface area contributed by atoms with Crippen LogP contribution in [0.15, 0.2) is 28.7 Å². The van der Waals surface area contributed by atoms with E-state index in [0.717, 1.165) is 61.2 Å². The van der Waals surface area contributed by atoms with Gasteiger partial charge in [0.1, 0.15) is 0 Å². The topological polar surface area (TPSA) is 63.1 Å². The van der Waals surface area contributed by atoms with Gasteiger partial charge in [-0.1, -0.05) is 28.1 Å². The van der Waals surface area contributed by atoms with Gasteiger partial charge in [0.15, 0.2) is 5.69 Å². The number of nitrogens with one attached hydrogen (secondary N) is 1. The van der Waals surface area contributed by atoms with E-state index in [-0.39, 0.29) is 11.9 Å². The summed E-state index contributed by atoms with van der Waals surface area (Å²) in [7, 11) is 0. The second-order valence-corrected chi connectivity index (χ2v) is 8.49. The molecule has 1 amide bonds. The Bertz CT molecular complexity index is 791. The molecule has 2 fully saturated rings. The number of halogens is 1. The predicted octanol–water partition coefficient (Wildman–Crippen LogP) is 3.51. The molecule has 1 saturated carbocycles. The van der Waals surface area contributed by atoms with Crippen LogP contribution in [0.3, 0.4) is 0 Å². The van der Waals surface area contributed by atoms with Crippen LogP contribution in [0.25, 0.3) is 5.69 Å². The largest absolute Gasteiger partial charge is 0.348 e. The minimum absolute atomic E-state index is 0.0748. The Morgan fingerprint density at radius 2 is 1.89 bits per heavy atom. The first-order valence-corrected chi connectivity index (χ1v) is 10.7. The number of hydrogen-bond acceptors (Lipinski definition) is 4. The first kappa shape index (κ1) is 18.6. The summed E-state index contributed by atoms with van der Waals surface area (Å²) in [5, 5.41) is 11.8. The number of likely N-dealkylation sites (tertiary alicyclic amines) is 1. The predicted molar refractivity (Wildman–Crippen MR) is 108 cm³/mol. The van der Waals surface area contributed by atoms with Crippen LogP contribution in [-0.2, 0) is 0 Å². The van der Waals surface area contributed by atoms with E-state index < -0.39 is 0 Å². The number of nitrogens with zero attached hydrogens (tertiary/aromatic N) is 4. The van der Waals surface area contributed by atoms with Crippen molar-refractivity contribution in [2.45, 2.75) is 51.0 Å². The van der Waals surface area contributed by atoms with Gasteiger partial charge >= 0.3 is 0 Å². The molecular formula is C20H26BrN5O. The van der Waals surface area contributed by atoms with Crippen LogP contribution in [0, 0.1) is 0 Å². The monoisotopic (exact) mass is 431 g/mol. The molecule has 2 aromatic rings. The lowest BCUT2D eigenvalue weighted by Gasteiger charge is -2.31. The van der Waals surface area contributed by atoms with Gasteiger partial charge in [0.05, 0.1) is 11.4 Å². The average molecular weight is 432 g/mol. The van der Waals surface area contributed by atoms with Gasteiger partial charge in [0.2, 0.25) is 0 Å². The Morgan fingerprint density at radius 1 is 1.19 bits per heavy atom. The molecule has 4 rings (SSSR count). The number of carbonyl (C=O) groups is 1. The van der Waals surface area contributed by atoms with E-state index in [2.05, 4.69) is 43.4 Å². The van der Waals surface area contributed by atoms with Crippen LogP contribution >= 0.6 is 15.9 Å². The van der Waals surface area contributed by atoms with Gasteiger partial charge in [-0.05, 0) is 62.9 Å². The van der Waals surface area contributed by atoms with Gasteiger partial charge in [-0.3, -0.25) is 4.79 Å². The SMILES string of the molecule is CCCN1CCC(NC(=O)c2nnn(-c3ccc(Br)cc3)c2C2CC2)CC1. The lowest BCUT2D eigenvalue weighted by molar-refractivity contribution is 0.0905. The molecule has 6 nitrogen and oxygen atoms in total. The minimum Gasteiger partial charge on any atom is -0.348 e. The third-order valence-corrected chi connectivity index (χ3v) is 5.95. The summed E-state index contributed by atoms with van der Waals surface area (Å²) in [6.07, 6.45) is 5.39. The van der Waals surface area contributed by atoms with Crippen LogP contribution in [-0.4, -0.2) is 51.5 Å². The van der Waals surface area contributed by atoms with Crippen LogP contribution in [0.1, 0.15) is 61.1 Å². The molecule has 7 heteroatoms. The molecule has 0 unspecified atom stereocenters. The Balaban J connectivity index is 1.49. The average Bonchev–Trinajstić information content (AvgIpc) is 3.42. The summed E-state index contributed by atoms with van der Waals surface area (Å²) in [4.78, 5) is 15.4. The second-order valence-electron chi connectivity index (χ2n) is 7.58. The van der Waals surface area contributed by atoms with Gasteiger partial charge < -0.3 is 10.2 Å². The van der Waals surface area contributed by atoms with E-state index in [9.17, 15) is 4.79 Å². The molecule has 0 radical (unpaired) electrons. The third-order valence-electron chi connectivity index (χ3n) is 5.42. The van der Waals surface area contributed by atoms with Crippen molar-refractivity contribution in [2.24, 2.45) is 0 Å². The molecule has 27 heavy (non-hydrogen) atoms. The fourth-order valence-corrected chi connectivity index (χ4v) is 4.08. The molecule has 2 aliphatic rings. The number of hydrogen-bond donors (Lipinski definition) is 1. The lowest BCUT2D eigenvalue weighted by Crippen LogP contribution is -2.45. The smallest absolute Gasteiger partial charge is 0.274 e. The van der Waals surface area contributed by atoms with Crippen molar-refractivity contribution >= 4 is 21.8 Å². The maximum absolute atomic E-state index is 12.9. The number of carbonyl (C=O) groups excluding carboxylic acids is 1. The Kier molecular flexibility index (Phi) is 5.59. The first-order valence-electron chi connectivity index (χ1n) is 9.90. The molecule has 144 valence electrons. The van der Waals surface area contributed by atoms with Crippen molar-refractivity contribution in [3.63, 3.8) is 0 Å². The molecule has 0 bridgehead atoms. The molecule has 1 aliphatic heterocycles. The fourth-order valence-electron chi connectivity index (χ4n) is 3.82. The summed E-state index contributed by atoms with van der Waals surface area (Å²) < 4.78 is 2.86. The van der Waals surface area contributed by atoms with Crippen molar-refractivity contribution < 1.29 is 4.79 Å². The quantitative estimate of drug-likeness (QED) is 0.759. The zero-order valence-corrected chi connectivity index (χ0v) is 17.3. The highest BCUT2D eigenvalue weighted by molar-refractivity contribution is 9.10. The fraction of sp³-hybridized carbons (Fsp3) is 0.550. The maximum Gasteiger partial charge on any atom is 0.274 e. The molecule has 2 heterocycles. The molecular weight excluding hydrogens is 406 g/mol. The van der Waals surface area contributed by atoms with Gasteiger partial charge in [0, 0.05) is 29.5 Å². The summed E-state index contributed by atoms with van der Waals surface area (Å²) in [6.45, 7) is 5.47. The number of benzene rings is 1. The zero-order valence-electron chi connectivity index (χ0n) is 15.7. The van der Waals surface area contributed by atoms with Crippen molar-refractivity contribution in [1.82, 2.24) is 25.2 Å². The van der Waals surface area contributed by atoms with Crippen LogP contribution in [0.5, 0.6) is 0 Å². The zero-order chi connectivity index (χ0) is 18.8. The highest BCUT2D eigenvalue weighted by Crippen LogP contribution is 2.42. The number of aromatic nitrogens is 3. The van der Waals surface area contributed by atoms with E-state index in [1.807, 2.05) is 28.9 Å². The Morgan fingerprint density at radius 3 is 2.52 bits per heavy atom. The Labute approximate surface area is 168 Å². The number of rotatable bonds is 6. The van der Waals surface area contributed by atoms with Gasteiger partial charge in [-0.25, -0.2) is 4.68 Å². The third kappa shape index (κ3) is 4.24. The molecule has 1 N–H and O–H groups in total. The highest BCUT2D eigenvalue weighted by atomic mass is 79.9. The van der Waals surface area contributed by atoms with Crippen LogP contribution < -0.4 is 5.32 Å². The van der Waals surface area contributed by atoms with E-state index >= 15 is 0 Å². The second kappa shape index (κ2) is 8.10. The number of amides is 1. The first-order chi connectivity index (χ1) is 13.2. The van der Waals surface area contributed by atoms with E-state index in [1.165, 1.54) is 6.42 Å². The summed E-state index contributed by atoms with van der Waals surface area (Å²) in [6, 6.07) is 8.19. The highest BCUT2D eigenvalue weighted by Gasteiger charge is 2.35. The lowest BCUT2D eigenvalue weighted by atomic mass is 10.0. The van der Waals surface area contributed by atoms with Gasteiger partial charge in [0.25, 0.3) is 5.91 Å². The molecule has 1 aliphatic carbocycles. The van der Waals surface area contributed by atoms with E-state index in [4.69, 9.17) is 0 Å². The van der Waals surface area contributed by atoms with E-state index in [0.29, 0.717) is 11.6 Å². The molecule has 1 saturated heterocycles. The molecule has 0 spiro atoms. The standard InChI is InChI=1S/C20H26BrN5O/c1-2-11-25-12-9-16(10-13-25)22-20(27)18-19(14-3-4-14)26(24-23-18)17-7-5-15(21)6-8-17/h5-8,14,16H,2-4,9-13H2,1H3,(H,22,27). The van der Waals surface area contributed by atoms with Crippen molar-refractivity contribution in [2.75, 3.05) is 19.6 Å². The van der Waals surface area contributed by atoms with Gasteiger partial charge in [-0.2, -0.15) is 0 Å². The van der Waals surface area contributed by atoms with Crippen molar-refractivity contribution in [3.05, 3.63) is 40.1 Å². The van der Waals surface area contributed by atoms with Crippen LogP contribution in [0.2, 0.25) is 0 Å². The molecule has 0 atom stereocenters. The van der Waals surface area contributed by atoms with Crippen LogP contribution in [0.4, 0.5) is 0 Å².